The Morgan fingerprint density at radius 2 is 1.64 bits per heavy atom. The van der Waals surface area contributed by atoms with E-state index in [1.807, 2.05) is 56.3 Å². The Bertz CT molecular complexity index is 758. The first-order valence-corrected chi connectivity index (χ1v) is 8.77. The van der Waals surface area contributed by atoms with Crippen molar-refractivity contribution in [1.82, 2.24) is 5.43 Å². The summed E-state index contributed by atoms with van der Waals surface area (Å²) >= 11 is 1.49. The van der Waals surface area contributed by atoms with Crippen molar-refractivity contribution >= 4 is 35.0 Å². The molecule has 2 rings (SSSR count). The third kappa shape index (κ3) is 6.08. The molecule has 0 bridgehead atoms. The van der Waals surface area contributed by atoms with Crippen molar-refractivity contribution in [3.05, 3.63) is 60.2 Å². The van der Waals surface area contributed by atoms with Crippen LogP contribution in [-0.2, 0) is 9.59 Å². The number of amides is 2. The fourth-order valence-corrected chi connectivity index (χ4v) is 2.93. The highest BCUT2D eigenvalue weighted by atomic mass is 32.2. The molecule has 2 aromatic carbocycles. The summed E-state index contributed by atoms with van der Waals surface area (Å²) in [4.78, 5) is 24.2. The SMILES string of the molecule is CC(=O)Nc1ccc(/C(C)=N\NC(=O)[C@H](C)Sc2ccccc2)cc1. The molecule has 25 heavy (non-hydrogen) atoms. The summed E-state index contributed by atoms with van der Waals surface area (Å²) in [6, 6.07) is 17.1. The van der Waals surface area contributed by atoms with E-state index in [9.17, 15) is 9.59 Å². The molecule has 130 valence electrons. The predicted molar refractivity (Wildman–Crippen MR) is 103 cm³/mol. The maximum Gasteiger partial charge on any atom is 0.253 e. The Hall–Kier alpha value is -2.60. The highest BCUT2D eigenvalue weighted by Gasteiger charge is 2.13. The lowest BCUT2D eigenvalue weighted by molar-refractivity contribution is -0.120. The summed E-state index contributed by atoms with van der Waals surface area (Å²) < 4.78 is 0. The van der Waals surface area contributed by atoms with Gasteiger partial charge in [0.15, 0.2) is 0 Å². The van der Waals surface area contributed by atoms with Crippen molar-refractivity contribution in [2.24, 2.45) is 5.10 Å². The molecule has 0 aromatic heterocycles. The molecule has 2 N–H and O–H groups in total. The van der Waals surface area contributed by atoms with Crippen molar-refractivity contribution in [3.63, 3.8) is 0 Å². The summed E-state index contributed by atoms with van der Waals surface area (Å²) in [6.07, 6.45) is 0. The van der Waals surface area contributed by atoms with E-state index in [1.54, 1.807) is 12.1 Å². The normalized spacial score (nSPS) is 12.4. The van der Waals surface area contributed by atoms with E-state index in [-0.39, 0.29) is 17.1 Å². The molecule has 0 aliphatic carbocycles. The van der Waals surface area contributed by atoms with E-state index in [4.69, 9.17) is 0 Å². The zero-order chi connectivity index (χ0) is 18.2. The van der Waals surface area contributed by atoms with Crippen LogP contribution in [0, 0.1) is 0 Å². The second-order valence-electron chi connectivity index (χ2n) is 5.50. The van der Waals surface area contributed by atoms with Gasteiger partial charge in [-0.1, -0.05) is 30.3 Å². The van der Waals surface area contributed by atoms with Gasteiger partial charge in [0, 0.05) is 17.5 Å². The van der Waals surface area contributed by atoms with Crippen molar-refractivity contribution in [1.29, 1.82) is 0 Å². The van der Waals surface area contributed by atoms with Gasteiger partial charge in [-0.05, 0) is 43.7 Å². The Kier molecular flexibility index (Phi) is 6.77. The van der Waals surface area contributed by atoms with Crippen LogP contribution in [-0.4, -0.2) is 22.8 Å². The van der Waals surface area contributed by atoms with Gasteiger partial charge in [-0.3, -0.25) is 9.59 Å². The first kappa shape index (κ1) is 18.7. The molecule has 0 saturated carbocycles. The maximum atomic E-state index is 12.2. The molecule has 0 spiro atoms. The molecule has 2 aromatic rings. The van der Waals surface area contributed by atoms with E-state index < -0.39 is 0 Å². The van der Waals surface area contributed by atoms with Crippen molar-refractivity contribution in [2.75, 3.05) is 5.32 Å². The van der Waals surface area contributed by atoms with Gasteiger partial charge in [-0.15, -0.1) is 11.8 Å². The topological polar surface area (TPSA) is 70.6 Å². The second-order valence-corrected chi connectivity index (χ2v) is 6.92. The minimum Gasteiger partial charge on any atom is -0.326 e. The molecule has 1 atom stereocenters. The molecule has 0 aliphatic rings. The quantitative estimate of drug-likeness (QED) is 0.472. The number of rotatable bonds is 6. The van der Waals surface area contributed by atoms with Crippen molar-refractivity contribution in [2.45, 2.75) is 30.9 Å². The molecule has 0 saturated heterocycles. The zero-order valence-electron chi connectivity index (χ0n) is 14.4. The Labute approximate surface area is 151 Å². The second kappa shape index (κ2) is 9.03. The van der Waals surface area contributed by atoms with Gasteiger partial charge in [0.05, 0.1) is 11.0 Å². The van der Waals surface area contributed by atoms with Crippen molar-refractivity contribution in [3.8, 4) is 0 Å². The van der Waals surface area contributed by atoms with E-state index in [0.717, 1.165) is 16.1 Å². The lowest BCUT2D eigenvalue weighted by Crippen LogP contribution is -2.27. The first-order chi connectivity index (χ1) is 12.0. The standard InChI is InChI=1S/C19H21N3O2S/c1-13(16-9-11-17(12-10-16)20-15(3)23)21-22-19(24)14(2)25-18-7-5-4-6-8-18/h4-12,14H,1-3H3,(H,20,23)(H,22,24)/b21-13-/t14-/m0/s1. The fourth-order valence-electron chi connectivity index (χ4n) is 2.05. The van der Waals surface area contributed by atoms with E-state index >= 15 is 0 Å². The number of carbonyl (C=O) groups is 2. The molecule has 0 aliphatic heterocycles. The monoisotopic (exact) mass is 355 g/mol. The predicted octanol–water partition coefficient (Wildman–Crippen LogP) is 3.67. The molecule has 2 amide bonds. The van der Waals surface area contributed by atoms with Crippen LogP contribution < -0.4 is 10.7 Å². The summed E-state index contributed by atoms with van der Waals surface area (Å²) in [5, 5.41) is 6.62. The number of nitrogens with one attached hydrogen (secondary N) is 2. The van der Waals surface area contributed by atoms with Crippen LogP contribution in [0.3, 0.4) is 0 Å². The van der Waals surface area contributed by atoms with Crippen LogP contribution in [0.25, 0.3) is 0 Å². The van der Waals surface area contributed by atoms with E-state index in [2.05, 4.69) is 15.8 Å². The van der Waals surface area contributed by atoms with Gasteiger partial charge in [-0.2, -0.15) is 5.10 Å². The summed E-state index contributed by atoms with van der Waals surface area (Å²) in [5.74, 6) is -0.265. The van der Waals surface area contributed by atoms with Crippen LogP contribution in [0.2, 0.25) is 0 Å². The number of hydrogen-bond donors (Lipinski definition) is 2. The number of nitrogens with zero attached hydrogens (tertiary/aromatic N) is 1. The molecular weight excluding hydrogens is 334 g/mol. The van der Waals surface area contributed by atoms with Gasteiger partial charge in [0.2, 0.25) is 5.91 Å². The third-order valence-electron chi connectivity index (χ3n) is 3.38. The van der Waals surface area contributed by atoms with Crippen molar-refractivity contribution < 1.29 is 9.59 Å². The molecule has 6 heteroatoms. The Morgan fingerprint density at radius 3 is 2.24 bits per heavy atom. The molecule has 0 fully saturated rings. The number of anilines is 1. The van der Waals surface area contributed by atoms with Crippen LogP contribution in [0.4, 0.5) is 5.69 Å². The van der Waals surface area contributed by atoms with Crippen LogP contribution in [0.5, 0.6) is 0 Å². The molecular formula is C19H21N3O2S. The maximum absolute atomic E-state index is 12.2. The Balaban J connectivity index is 1.93. The lowest BCUT2D eigenvalue weighted by Gasteiger charge is -2.10. The number of hydrazone groups is 1. The minimum atomic E-state index is -0.249. The summed E-state index contributed by atoms with van der Waals surface area (Å²) in [6.45, 7) is 5.13. The van der Waals surface area contributed by atoms with Gasteiger partial charge in [0.25, 0.3) is 5.91 Å². The number of hydrogen-bond acceptors (Lipinski definition) is 4. The highest BCUT2D eigenvalue weighted by molar-refractivity contribution is 8.00. The zero-order valence-corrected chi connectivity index (χ0v) is 15.3. The van der Waals surface area contributed by atoms with Gasteiger partial charge >= 0.3 is 0 Å². The minimum absolute atomic E-state index is 0.115. The highest BCUT2D eigenvalue weighted by Crippen LogP contribution is 2.22. The van der Waals surface area contributed by atoms with Crippen LogP contribution >= 0.6 is 11.8 Å². The molecule has 0 radical (unpaired) electrons. The largest absolute Gasteiger partial charge is 0.326 e. The van der Waals surface area contributed by atoms with Crippen LogP contribution in [0.15, 0.2) is 64.6 Å². The fraction of sp³-hybridized carbons (Fsp3) is 0.211. The Morgan fingerprint density at radius 1 is 1.00 bits per heavy atom. The smallest absolute Gasteiger partial charge is 0.253 e. The van der Waals surface area contributed by atoms with Crippen LogP contribution in [0.1, 0.15) is 26.3 Å². The first-order valence-electron chi connectivity index (χ1n) is 7.89. The average Bonchev–Trinajstić information content (AvgIpc) is 2.60. The van der Waals surface area contributed by atoms with E-state index in [0.29, 0.717) is 5.71 Å². The molecule has 0 unspecified atom stereocenters. The average molecular weight is 355 g/mol. The lowest BCUT2D eigenvalue weighted by atomic mass is 10.1. The number of carbonyl (C=O) groups excluding carboxylic acids is 2. The molecule has 0 heterocycles. The third-order valence-corrected chi connectivity index (χ3v) is 4.49. The van der Waals surface area contributed by atoms with Gasteiger partial charge < -0.3 is 5.32 Å². The molecule has 5 nitrogen and oxygen atoms in total. The summed E-state index contributed by atoms with van der Waals surface area (Å²) in [7, 11) is 0. The van der Waals surface area contributed by atoms with Gasteiger partial charge in [0.1, 0.15) is 0 Å². The number of benzene rings is 2. The summed E-state index contributed by atoms with van der Waals surface area (Å²) in [5.41, 5.74) is 4.90. The number of thioether (sulfide) groups is 1. The van der Waals surface area contributed by atoms with E-state index in [1.165, 1.54) is 18.7 Å². The van der Waals surface area contributed by atoms with Gasteiger partial charge in [-0.25, -0.2) is 5.43 Å².